The molecule has 1 unspecified atom stereocenters. The molecule has 36 valence electrons. The van der Waals surface area contributed by atoms with E-state index < -0.39 is 0 Å². The van der Waals surface area contributed by atoms with E-state index in [0.717, 1.165) is 11.8 Å². The third kappa shape index (κ3) is 0.444. The zero-order valence-corrected chi connectivity index (χ0v) is 4.57. The van der Waals surface area contributed by atoms with Crippen molar-refractivity contribution in [2.45, 2.75) is 26.7 Å². The lowest BCUT2D eigenvalue weighted by molar-refractivity contribution is 0.219. The molecule has 0 bridgehead atoms. The van der Waals surface area contributed by atoms with Crippen molar-refractivity contribution >= 4 is 0 Å². The minimum absolute atomic E-state index is 1.03. The van der Waals surface area contributed by atoms with Crippen molar-refractivity contribution in [2.24, 2.45) is 11.8 Å². The van der Waals surface area contributed by atoms with Gasteiger partial charge < -0.3 is 0 Å². The maximum absolute atomic E-state index is 2.33. The molecule has 0 aromatic heterocycles. The van der Waals surface area contributed by atoms with Gasteiger partial charge in [0.15, 0.2) is 0 Å². The lowest BCUT2D eigenvalue weighted by Crippen LogP contribution is -2.18. The van der Waals surface area contributed by atoms with Gasteiger partial charge in [0.1, 0.15) is 0 Å². The summed E-state index contributed by atoms with van der Waals surface area (Å²) in [6.45, 7) is 4.66. The van der Waals surface area contributed by atoms with E-state index in [4.69, 9.17) is 0 Å². The van der Waals surface area contributed by atoms with Crippen molar-refractivity contribution in [3.05, 3.63) is 0 Å². The third-order valence-corrected chi connectivity index (χ3v) is 2.05. The molecule has 0 heterocycles. The first-order valence-corrected chi connectivity index (χ1v) is 2.80. The Bertz CT molecular complexity index is 40.0. The average molecular weight is 84.2 g/mol. The van der Waals surface area contributed by atoms with Gasteiger partial charge in [-0.05, 0) is 11.8 Å². The summed E-state index contributed by atoms with van der Waals surface area (Å²) >= 11 is 0. The van der Waals surface area contributed by atoms with Gasteiger partial charge in [0.05, 0.1) is 0 Å². The number of hydrogen-bond donors (Lipinski definition) is 0. The van der Waals surface area contributed by atoms with Crippen LogP contribution in [0.25, 0.3) is 0 Å². The second kappa shape index (κ2) is 1.25. The smallest absolute Gasteiger partial charge is 0.0417 e. The van der Waals surface area contributed by atoms with Crippen LogP contribution in [0.2, 0.25) is 0 Å². The van der Waals surface area contributed by atoms with Gasteiger partial charge in [0, 0.05) is 0 Å². The van der Waals surface area contributed by atoms with E-state index >= 15 is 0 Å². The fraction of sp³-hybridized carbons (Fsp3) is 1.00. The van der Waals surface area contributed by atoms with E-state index in [9.17, 15) is 0 Å². The molecule has 0 heteroatoms. The Morgan fingerprint density at radius 3 is 1.33 bits per heavy atom. The molecule has 0 aromatic carbocycles. The van der Waals surface area contributed by atoms with Gasteiger partial charge in [-0.15, -0.1) is 0 Å². The molecule has 0 amide bonds. The van der Waals surface area contributed by atoms with Crippen LogP contribution in [-0.4, -0.2) is 0 Å². The van der Waals surface area contributed by atoms with E-state index in [0.29, 0.717) is 0 Å². The molecule has 1 saturated carbocycles. The van der Waals surface area contributed by atoms with Crippen LogP contribution >= 0.6 is 0 Å². The topological polar surface area (TPSA) is 0 Å². The zero-order chi connectivity index (χ0) is 4.57. The van der Waals surface area contributed by atoms with Crippen molar-refractivity contribution in [1.29, 1.82) is 0 Å². The molecule has 6 heavy (non-hydrogen) atoms. The van der Waals surface area contributed by atoms with Crippen LogP contribution < -0.4 is 0 Å². The molecule has 0 aliphatic heterocycles. The van der Waals surface area contributed by atoms with Crippen LogP contribution in [0.4, 0.5) is 0 Å². The minimum atomic E-state index is 1.03. The lowest BCUT2D eigenvalue weighted by Gasteiger charge is -2.29. The molecule has 0 aromatic rings. The molecule has 1 rings (SSSR count). The highest BCUT2D eigenvalue weighted by atomic mass is 14.3. The Labute approximate surface area is 39.6 Å². The second-order valence-corrected chi connectivity index (χ2v) is 2.53. The van der Waals surface area contributed by atoms with Gasteiger partial charge in [0.25, 0.3) is 0 Å². The van der Waals surface area contributed by atoms with Crippen LogP contribution in [0.15, 0.2) is 0 Å². The zero-order valence-electron chi connectivity index (χ0n) is 4.57. The highest BCUT2D eigenvalue weighted by Gasteiger charge is 2.20. The standard InChI is InChI=1S/C6H12/c1-5-3-4-6(5)2/h5-6H,3-4H2,1-2H3/t5-,6?/m1/s1. The largest absolute Gasteiger partial charge is 0.0623 e. The Morgan fingerprint density at radius 2 is 1.33 bits per heavy atom. The minimum Gasteiger partial charge on any atom is -0.0623 e. The van der Waals surface area contributed by atoms with E-state index in [1.54, 1.807) is 0 Å². The van der Waals surface area contributed by atoms with Gasteiger partial charge >= 0.3 is 0 Å². The second-order valence-electron chi connectivity index (χ2n) is 2.53. The molecule has 0 spiro atoms. The van der Waals surface area contributed by atoms with Gasteiger partial charge in [0.2, 0.25) is 0 Å². The van der Waals surface area contributed by atoms with E-state index in [1.165, 1.54) is 12.8 Å². The molecule has 0 radical (unpaired) electrons. The molecule has 2 atom stereocenters. The third-order valence-electron chi connectivity index (χ3n) is 2.05. The summed E-state index contributed by atoms with van der Waals surface area (Å²) < 4.78 is 0. The molecule has 0 saturated heterocycles. The van der Waals surface area contributed by atoms with Crippen molar-refractivity contribution in [3.8, 4) is 0 Å². The van der Waals surface area contributed by atoms with Crippen LogP contribution in [-0.2, 0) is 0 Å². The Kier molecular flexibility index (Phi) is 0.868. The summed E-state index contributed by atoms with van der Waals surface area (Å²) in [6, 6.07) is 0. The van der Waals surface area contributed by atoms with Gasteiger partial charge in [-0.25, -0.2) is 0 Å². The molecule has 0 nitrogen and oxygen atoms in total. The molecular formula is C6H12. The Balaban J connectivity index is 2.20. The summed E-state index contributed by atoms with van der Waals surface area (Å²) in [5.74, 6) is 2.06. The summed E-state index contributed by atoms with van der Waals surface area (Å²) in [4.78, 5) is 0. The van der Waals surface area contributed by atoms with E-state index in [1.807, 2.05) is 0 Å². The summed E-state index contributed by atoms with van der Waals surface area (Å²) in [5, 5.41) is 0. The normalized spacial score (nSPS) is 45.0. The van der Waals surface area contributed by atoms with Crippen LogP contribution in [0, 0.1) is 11.8 Å². The molecule has 1 aliphatic rings. The van der Waals surface area contributed by atoms with Crippen LogP contribution in [0.5, 0.6) is 0 Å². The van der Waals surface area contributed by atoms with Gasteiger partial charge in [-0.3, -0.25) is 0 Å². The van der Waals surface area contributed by atoms with Crippen molar-refractivity contribution in [1.82, 2.24) is 0 Å². The highest BCUT2D eigenvalue weighted by Crippen LogP contribution is 2.32. The summed E-state index contributed by atoms with van der Waals surface area (Å²) in [5.41, 5.74) is 0. The molecular weight excluding hydrogens is 72.1 g/mol. The molecule has 0 N–H and O–H groups in total. The van der Waals surface area contributed by atoms with Crippen molar-refractivity contribution < 1.29 is 0 Å². The van der Waals surface area contributed by atoms with Gasteiger partial charge in [-0.2, -0.15) is 0 Å². The van der Waals surface area contributed by atoms with Crippen LogP contribution in [0.1, 0.15) is 26.7 Å². The maximum atomic E-state index is 2.33. The molecule has 1 fully saturated rings. The average Bonchev–Trinajstić information content (AvgIpc) is 1.61. The summed E-state index contributed by atoms with van der Waals surface area (Å²) in [7, 11) is 0. The lowest BCUT2D eigenvalue weighted by atomic mass is 9.77. The van der Waals surface area contributed by atoms with E-state index in [2.05, 4.69) is 13.8 Å². The first-order valence-electron chi connectivity index (χ1n) is 2.80. The monoisotopic (exact) mass is 84.1 g/mol. The maximum Gasteiger partial charge on any atom is -0.0417 e. The Hall–Kier alpha value is 0. The predicted octanol–water partition coefficient (Wildman–Crippen LogP) is 2.05. The first kappa shape index (κ1) is 4.17. The SMILES string of the molecule is CC1CC[C@H]1C. The van der Waals surface area contributed by atoms with Crippen LogP contribution in [0.3, 0.4) is 0 Å². The first-order chi connectivity index (χ1) is 2.80. The quantitative estimate of drug-likeness (QED) is 0.421. The fourth-order valence-corrected chi connectivity index (χ4v) is 0.833. The fourth-order valence-electron chi connectivity index (χ4n) is 0.833. The van der Waals surface area contributed by atoms with Gasteiger partial charge in [-0.1, -0.05) is 26.7 Å². The molecule has 1 aliphatic carbocycles. The highest BCUT2D eigenvalue weighted by molar-refractivity contribution is 4.71. The van der Waals surface area contributed by atoms with Crippen molar-refractivity contribution in [2.75, 3.05) is 0 Å². The Morgan fingerprint density at radius 1 is 1.00 bits per heavy atom. The number of hydrogen-bond acceptors (Lipinski definition) is 0. The number of rotatable bonds is 0. The summed E-state index contributed by atoms with van der Waals surface area (Å²) in [6.07, 6.45) is 2.95. The van der Waals surface area contributed by atoms with E-state index in [-0.39, 0.29) is 0 Å². The van der Waals surface area contributed by atoms with Crippen molar-refractivity contribution in [3.63, 3.8) is 0 Å². The predicted molar refractivity (Wildman–Crippen MR) is 27.6 cm³/mol.